The molecule has 0 saturated heterocycles. The molecule has 2 atom stereocenters. The number of benzene rings is 1. The first-order valence-electron chi connectivity index (χ1n) is 7.33. The Morgan fingerprint density at radius 3 is 2.80 bits per heavy atom. The van der Waals surface area contributed by atoms with Crippen LogP contribution in [0.1, 0.15) is 49.5 Å². The molecule has 1 aromatic carbocycles. The van der Waals surface area contributed by atoms with E-state index in [4.69, 9.17) is 4.52 Å². The second-order valence-electron chi connectivity index (χ2n) is 5.58. The lowest BCUT2D eigenvalue weighted by atomic mass is 9.97. The third-order valence-electron chi connectivity index (χ3n) is 4.12. The fourth-order valence-electron chi connectivity index (χ4n) is 2.90. The zero-order valence-corrected chi connectivity index (χ0v) is 11.7. The van der Waals surface area contributed by atoms with Crippen molar-refractivity contribution in [2.24, 2.45) is 0 Å². The van der Waals surface area contributed by atoms with Gasteiger partial charge in [-0.15, -0.1) is 0 Å². The summed E-state index contributed by atoms with van der Waals surface area (Å²) in [6, 6.07) is 7.99. The van der Waals surface area contributed by atoms with Gasteiger partial charge in [0.05, 0.1) is 12.0 Å². The Kier molecular flexibility index (Phi) is 3.83. The lowest BCUT2D eigenvalue weighted by molar-refractivity contribution is 0.119. The standard InChI is InChI=1S/C16H20N2O2/c1-11-7-5-6-8-12(11)15-17-16(20-18-15)13-9-3-2-4-10-14(13)19/h5-8,13-14,19H,2-4,9-10H2,1H3. The van der Waals surface area contributed by atoms with Gasteiger partial charge in [-0.2, -0.15) is 4.98 Å². The monoisotopic (exact) mass is 272 g/mol. The van der Waals surface area contributed by atoms with Crippen molar-refractivity contribution in [2.75, 3.05) is 0 Å². The number of aliphatic hydroxyl groups is 1. The highest BCUT2D eigenvalue weighted by Gasteiger charge is 2.28. The molecule has 20 heavy (non-hydrogen) atoms. The lowest BCUT2D eigenvalue weighted by Crippen LogP contribution is -2.17. The van der Waals surface area contributed by atoms with Crippen molar-refractivity contribution in [3.8, 4) is 11.4 Å². The molecular weight excluding hydrogens is 252 g/mol. The van der Waals surface area contributed by atoms with Gasteiger partial charge in [0.25, 0.3) is 0 Å². The number of hydrogen-bond donors (Lipinski definition) is 1. The number of aromatic nitrogens is 2. The third kappa shape index (κ3) is 2.61. The molecule has 1 saturated carbocycles. The van der Waals surface area contributed by atoms with Crippen molar-refractivity contribution in [3.63, 3.8) is 0 Å². The van der Waals surface area contributed by atoms with E-state index in [-0.39, 0.29) is 12.0 Å². The maximum Gasteiger partial charge on any atom is 0.232 e. The molecule has 1 N–H and O–H groups in total. The molecule has 0 amide bonds. The van der Waals surface area contributed by atoms with Gasteiger partial charge >= 0.3 is 0 Å². The second-order valence-corrected chi connectivity index (χ2v) is 5.58. The van der Waals surface area contributed by atoms with Gasteiger partial charge in [0.15, 0.2) is 0 Å². The average molecular weight is 272 g/mol. The molecule has 106 valence electrons. The zero-order valence-electron chi connectivity index (χ0n) is 11.7. The van der Waals surface area contributed by atoms with E-state index in [1.807, 2.05) is 31.2 Å². The van der Waals surface area contributed by atoms with Crippen LogP contribution < -0.4 is 0 Å². The van der Waals surface area contributed by atoms with Crippen LogP contribution in [-0.2, 0) is 0 Å². The van der Waals surface area contributed by atoms with Gasteiger partial charge in [-0.3, -0.25) is 0 Å². The number of rotatable bonds is 2. The van der Waals surface area contributed by atoms with Crippen LogP contribution in [-0.4, -0.2) is 21.4 Å². The van der Waals surface area contributed by atoms with Crippen LogP contribution in [0, 0.1) is 6.92 Å². The first-order valence-corrected chi connectivity index (χ1v) is 7.33. The second kappa shape index (κ2) is 5.75. The molecule has 0 bridgehead atoms. The van der Waals surface area contributed by atoms with Crippen LogP contribution in [0.25, 0.3) is 11.4 Å². The summed E-state index contributed by atoms with van der Waals surface area (Å²) in [6.07, 6.45) is 4.76. The number of hydrogen-bond acceptors (Lipinski definition) is 4. The predicted octanol–water partition coefficient (Wildman–Crippen LogP) is 3.45. The minimum Gasteiger partial charge on any atom is -0.392 e. The van der Waals surface area contributed by atoms with E-state index in [0.29, 0.717) is 11.7 Å². The van der Waals surface area contributed by atoms with Gasteiger partial charge in [-0.25, -0.2) is 0 Å². The highest BCUT2D eigenvalue weighted by molar-refractivity contribution is 5.59. The van der Waals surface area contributed by atoms with Crippen LogP contribution in [0.4, 0.5) is 0 Å². The van der Waals surface area contributed by atoms with Crippen LogP contribution in [0.15, 0.2) is 28.8 Å². The topological polar surface area (TPSA) is 59.2 Å². The van der Waals surface area contributed by atoms with Crippen molar-refractivity contribution in [1.29, 1.82) is 0 Å². The van der Waals surface area contributed by atoms with E-state index < -0.39 is 0 Å². The molecule has 1 aromatic heterocycles. The van der Waals surface area contributed by atoms with E-state index in [0.717, 1.165) is 36.8 Å². The number of aryl methyl sites for hydroxylation is 1. The third-order valence-corrected chi connectivity index (χ3v) is 4.12. The van der Waals surface area contributed by atoms with E-state index in [1.54, 1.807) is 0 Å². The molecule has 0 radical (unpaired) electrons. The molecule has 1 aliphatic carbocycles. The van der Waals surface area contributed by atoms with E-state index >= 15 is 0 Å². The smallest absolute Gasteiger partial charge is 0.232 e. The van der Waals surface area contributed by atoms with Crippen LogP contribution in [0.5, 0.6) is 0 Å². The molecule has 2 unspecified atom stereocenters. The molecule has 1 aliphatic rings. The van der Waals surface area contributed by atoms with Crippen molar-refractivity contribution in [3.05, 3.63) is 35.7 Å². The number of aliphatic hydroxyl groups excluding tert-OH is 1. The van der Waals surface area contributed by atoms with Gasteiger partial charge in [0.2, 0.25) is 11.7 Å². The summed E-state index contributed by atoms with van der Waals surface area (Å²) in [4.78, 5) is 4.52. The van der Waals surface area contributed by atoms with Crippen molar-refractivity contribution < 1.29 is 9.63 Å². The molecule has 2 aromatic rings. The quantitative estimate of drug-likeness (QED) is 0.851. The zero-order chi connectivity index (χ0) is 13.9. The molecule has 0 spiro atoms. The van der Waals surface area contributed by atoms with Gasteiger partial charge in [-0.1, -0.05) is 48.7 Å². The Balaban J connectivity index is 1.88. The summed E-state index contributed by atoms with van der Waals surface area (Å²) in [6.45, 7) is 2.03. The molecule has 3 rings (SSSR count). The molecular formula is C16H20N2O2. The van der Waals surface area contributed by atoms with Crippen molar-refractivity contribution in [2.45, 2.75) is 51.0 Å². The summed E-state index contributed by atoms with van der Waals surface area (Å²) in [5.74, 6) is 1.19. The van der Waals surface area contributed by atoms with Crippen molar-refractivity contribution in [1.82, 2.24) is 10.1 Å². The molecule has 4 nitrogen and oxygen atoms in total. The number of nitrogens with zero attached hydrogens (tertiary/aromatic N) is 2. The van der Waals surface area contributed by atoms with Gasteiger partial charge in [0, 0.05) is 5.56 Å². The normalized spacial score (nSPS) is 23.5. The highest BCUT2D eigenvalue weighted by Crippen LogP contribution is 2.32. The van der Waals surface area contributed by atoms with Gasteiger partial charge in [0.1, 0.15) is 0 Å². The Morgan fingerprint density at radius 2 is 1.95 bits per heavy atom. The van der Waals surface area contributed by atoms with E-state index in [1.165, 1.54) is 6.42 Å². The maximum atomic E-state index is 10.2. The van der Waals surface area contributed by atoms with E-state index in [2.05, 4.69) is 10.1 Å². The minimum atomic E-state index is -0.359. The first kappa shape index (κ1) is 13.3. The molecule has 1 heterocycles. The maximum absolute atomic E-state index is 10.2. The SMILES string of the molecule is Cc1ccccc1-c1noc(C2CCCCCC2O)n1. The van der Waals surface area contributed by atoms with Crippen LogP contribution in [0.3, 0.4) is 0 Å². The largest absolute Gasteiger partial charge is 0.392 e. The molecule has 4 heteroatoms. The van der Waals surface area contributed by atoms with Crippen LogP contribution in [0.2, 0.25) is 0 Å². The Morgan fingerprint density at radius 1 is 1.15 bits per heavy atom. The summed E-state index contributed by atoms with van der Waals surface area (Å²) in [5.41, 5.74) is 2.12. The van der Waals surface area contributed by atoms with Gasteiger partial charge < -0.3 is 9.63 Å². The minimum absolute atomic E-state index is 0.0113. The average Bonchev–Trinajstić information content (AvgIpc) is 2.82. The summed E-state index contributed by atoms with van der Waals surface area (Å²) in [5, 5.41) is 14.3. The first-order chi connectivity index (χ1) is 9.75. The summed E-state index contributed by atoms with van der Waals surface area (Å²) >= 11 is 0. The Labute approximate surface area is 118 Å². The molecule has 0 aliphatic heterocycles. The summed E-state index contributed by atoms with van der Waals surface area (Å²) in [7, 11) is 0. The van der Waals surface area contributed by atoms with E-state index in [9.17, 15) is 5.11 Å². The summed E-state index contributed by atoms with van der Waals surface area (Å²) < 4.78 is 5.42. The van der Waals surface area contributed by atoms with Crippen LogP contribution >= 0.6 is 0 Å². The fourth-order valence-corrected chi connectivity index (χ4v) is 2.90. The molecule has 1 fully saturated rings. The Bertz CT molecular complexity index is 579. The fraction of sp³-hybridized carbons (Fsp3) is 0.500. The Hall–Kier alpha value is -1.68. The predicted molar refractivity (Wildman–Crippen MR) is 76.3 cm³/mol. The van der Waals surface area contributed by atoms with Gasteiger partial charge in [-0.05, 0) is 25.3 Å². The lowest BCUT2D eigenvalue weighted by Gasteiger charge is -2.15. The van der Waals surface area contributed by atoms with Crippen molar-refractivity contribution >= 4 is 0 Å². The highest BCUT2D eigenvalue weighted by atomic mass is 16.5.